The highest BCUT2D eigenvalue weighted by Crippen LogP contribution is 2.10. The monoisotopic (exact) mass is 276 g/mol. The van der Waals surface area contributed by atoms with Gasteiger partial charge in [-0.3, -0.25) is 4.68 Å². The van der Waals surface area contributed by atoms with Gasteiger partial charge in [0.1, 0.15) is 0 Å². The molecule has 0 spiro atoms. The minimum absolute atomic E-state index is 0.0181. The van der Waals surface area contributed by atoms with E-state index in [-0.39, 0.29) is 15.9 Å². The fourth-order valence-electron chi connectivity index (χ4n) is 1.38. The highest BCUT2D eigenvalue weighted by molar-refractivity contribution is 7.89. The molecule has 0 fully saturated rings. The first-order valence-electron chi connectivity index (χ1n) is 5.05. The van der Waals surface area contributed by atoms with Crippen LogP contribution in [0.1, 0.15) is 13.8 Å². The van der Waals surface area contributed by atoms with E-state index in [1.54, 1.807) is 7.05 Å². The molecular weight excluding hydrogens is 260 g/mol. The lowest BCUT2D eigenvalue weighted by Crippen LogP contribution is -2.47. The molecule has 1 heterocycles. The van der Waals surface area contributed by atoms with Crippen molar-refractivity contribution >= 4 is 27.2 Å². The van der Waals surface area contributed by atoms with E-state index in [9.17, 15) is 8.42 Å². The molecule has 0 bridgehead atoms. The van der Waals surface area contributed by atoms with E-state index in [0.29, 0.717) is 0 Å². The highest BCUT2D eigenvalue weighted by Gasteiger charge is 2.26. The van der Waals surface area contributed by atoms with Crippen molar-refractivity contribution in [2.75, 3.05) is 0 Å². The summed E-state index contributed by atoms with van der Waals surface area (Å²) in [6, 6.07) is 0.851. The predicted molar refractivity (Wildman–Crippen MR) is 68.9 cm³/mol. The summed E-state index contributed by atoms with van der Waals surface area (Å²) in [6.45, 7) is 3.69. The Morgan fingerprint density at radius 2 is 2.18 bits per heavy atom. The van der Waals surface area contributed by atoms with E-state index >= 15 is 0 Å². The van der Waals surface area contributed by atoms with Crippen molar-refractivity contribution in [3.8, 4) is 0 Å². The number of nitrogens with two attached hydrogens (primary N) is 1. The molecule has 0 amide bonds. The molecule has 0 saturated heterocycles. The van der Waals surface area contributed by atoms with Gasteiger partial charge >= 0.3 is 0 Å². The SMILES string of the molecule is CC(C)C(NS(=O)(=O)c1ccnn1C)C(N)=S. The third-order valence-corrected chi connectivity index (χ3v) is 4.08. The average Bonchev–Trinajstić information content (AvgIpc) is 2.60. The molecule has 1 unspecified atom stereocenters. The molecule has 0 radical (unpaired) electrons. The van der Waals surface area contributed by atoms with Crippen molar-refractivity contribution in [1.82, 2.24) is 14.5 Å². The van der Waals surface area contributed by atoms with Gasteiger partial charge in [-0.15, -0.1) is 0 Å². The first-order chi connectivity index (χ1) is 7.75. The first kappa shape index (κ1) is 14.1. The van der Waals surface area contributed by atoms with Gasteiger partial charge in [-0.25, -0.2) is 8.42 Å². The number of sulfonamides is 1. The Bertz CT molecular complexity index is 507. The Labute approximate surface area is 106 Å². The molecule has 1 rings (SSSR count). The van der Waals surface area contributed by atoms with Gasteiger partial charge in [-0.1, -0.05) is 26.1 Å². The molecule has 6 nitrogen and oxygen atoms in total. The summed E-state index contributed by atoms with van der Waals surface area (Å²) < 4.78 is 27.9. The number of aromatic nitrogens is 2. The van der Waals surface area contributed by atoms with E-state index in [2.05, 4.69) is 9.82 Å². The highest BCUT2D eigenvalue weighted by atomic mass is 32.2. The summed E-state index contributed by atoms with van der Waals surface area (Å²) in [4.78, 5) is 0.130. The number of hydrogen-bond acceptors (Lipinski definition) is 4. The number of nitrogens with one attached hydrogen (secondary N) is 1. The summed E-state index contributed by atoms with van der Waals surface area (Å²) >= 11 is 4.85. The van der Waals surface area contributed by atoms with Crippen LogP contribution < -0.4 is 10.5 Å². The van der Waals surface area contributed by atoms with Crippen molar-refractivity contribution in [2.24, 2.45) is 18.7 Å². The van der Waals surface area contributed by atoms with Crippen LogP contribution in [0, 0.1) is 5.92 Å². The lowest BCUT2D eigenvalue weighted by Gasteiger charge is -2.20. The maximum absolute atomic E-state index is 12.0. The van der Waals surface area contributed by atoms with Crippen LogP contribution in [0.5, 0.6) is 0 Å². The molecule has 0 aliphatic rings. The molecule has 0 aliphatic carbocycles. The molecule has 0 aromatic carbocycles. The van der Waals surface area contributed by atoms with Gasteiger partial charge in [0.25, 0.3) is 10.0 Å². The van der Waals surface area contributed by atoms with Gasteiger partial charge in [0.2, 0.25) is 0 Å². The van der Waals surface area contributed by atoms with E-state index in [4.69, 9.17) is 18.0 Å². The average molecular weight is 276 g/mol. The fourth-order valence-corrected chi connectivity index (χ4v) is 3.27. The van der Waals surface area contributed by atoms with Crippen LogP contribution in [0.4, 0.5) is 0 Å². The van der Waals surface area contributed by atoms with E-state index < -0.39 is 16.1 Å². The number of aryl methyl sites for hydroxylation is 1. The molecular formula is C9H16N4O2S2. The van der Waals surface area contributed by atoms with Crippen LogP contribution in [0.2, 0.25) is 0 Å². The Morgan fingerprint density at radius 1 is 1.59 bits per heavy atom. The molecule has 1 atom stereocenters. The maximum Gasteiger partial charge on any atom is 0.258 e. The van der Waals surface area contributed by atoms with Gasteiger partial charge in [-0.05, 0) is 12.0 Å². The topological polar surface area (TPSA) is 90.0 Å². The van der Waals surface area contributed by atoms with E-state index in [1.165, 1.54) is 16.9 Å². The second-order valence-electron chi connectivity index (χ2n) is 4.04. The zero-order valence-electron chi connectivity index (χ0n) is 9.91. The summed E-state index contributed by atoms with van der Waals surface area (Å²) in [6.07, 6.45) is 1.42. The summed E-state index contributed by atoms with van der Waals surface area (Å²) in [5, 5.41) is 3.90. The largest absolute Gasteiger partial charge is 0.392 e. The molecule has 3 N–H and O–H groups in total. The van der Waals surface area contributed by atoms with Crippen LogP contribution in [0.3, 0.4) is 0 Å². The Balaban J connectivity index is 3.01. The summed E-state index contributed by atoms with van der Waals surface area (Å²) in [5.74, 6) is -0.0181. The standard InChI is InChI=1S/C9H16N4O2S2/c1-6(2)8(9(10)16)12-17(14,15)7-4-5-11-13(7)3/h4-6,8,12H,1-3H3,(H2,10,16). The van der Waals surface area contributed by atoms with Crippen molar-refractivity contribution in [3.63, 3.8) is 0 Å². The zero-order valence-corrected chi connectivity index (χ0v) is 11.5. The van der Waals surface area contributed by atoms with Gasteiger partial charge in [0, 0.05) is 7.05 Å². The third-order valence-electron chi connectivity index (χ3n) is 2.31. The molecule has 1 aromatic heterocycles. The van der Waals surface area contributed by atoms with Crippen LogP contribution >= 0.6 is 12.2 Å². The van der Waals surface area contributed by atoms with E-state index in [0.717, 1.165) is 0 Å². The Morgan fingerprint density at radius 3 is 2.53 bits per heavy atom. The second kappa shape index (κ2) is 5.11. The van der Waals surface area contributed by atoms with Crippen molar-refractivity contribution in [2.45, 2.75) is 24.9 Å². The second-order valence-corrected chi connectivity index (χ2v) is 6.17. The first-order valence-corrected chi connectivity index (χ1v) is 6.94. The summed E-state index contributed by atoms with van der Waals surface area (Å²) in [7, 11) is -2.10. The number of rotatable bonds is 5. The minimum atomic E-state index is -3.65. The van der Waals surface area contributed by atoms with Crippen LogP contribution in [0.25, 0.3) is 0 Å². The minimum Gasteiger partial charge on any atom is -0.392 e. The number of hydrogen-bond donors (Lipinski definition) is 2. The van der Waals surface area contributed by atoms with E-state index in [1.807, 2.05) is 13.8 Å². The van der Waals surface area contributed by atoms with Crippen LogP contribution in [0.15, 0.2) is 17.3 Å². The maximum atomic E-state index is 12.0. The third kappa shape index (κ3) is 3.24. The number of nitrogens with zero attached hydrogens (tertiary/aromatic N) is 2. The summed E-state index contributed by atoms with van der Waals surface area (Å²) in [5.41, 5.74) is 5.52. The number of thiocarbonyl (C=S) groups is 1. The normalized spacial score (nSPS) is 13.9. The van der Waals surface area contributed by atoms with Crippen molar-refractivity contribution < 1.29 is 8.42 Å². The van der Waals surface area contributed by atoms with Gasteiger partial charge in [0.15, 0.2) is 5.03 Å². The Hall–Kier alpha value is -0.990. The van der Waals surface area contributed by atoms with Crippen molar-refractivity contribution in [1.29, 1.82) is 0 Å². The molecule has 0 saturated carbocycles. The lowest BCUT2D eigenvalue weighted by atomic mass is 10.1. The predicted octanol–water partition coefficient (Wildman–Crippen LogP) is 0.00910. The van der Waals surface area contributed by atoms with Gasteiger partial charge in [0.05, 0.1) is 17.2 Å². The quantitative estimate of drug-likeness (QED) is 0.739. The van der Waals surface area contributed by atoms with Crippen molar-refractivity contribution in [3.05, 3.63) is 12.3 Å². The van der Waals surface area contributed by atoms with Crippen LogP contribution in [-0.2, 0) is 17.1 Å². The zero-order chi connectivity index (χ0) is 13.2. The van der Waals surface area contributed by atoms with Crippen LogP contribution in [-0.4, -0.2) is 29.2 Å². The fraction of sp³-hybridized carbons (Fsp3) is 0.556. The van der Waals surface area contributed by atoms with Gasteiger partial charge < -0.3 is 5.73 Å². The molecule has 96 valence electrons. The smallest absolute Gasteiger partial charge is 0.258 e. The van der Waals surface area contributed by atoms with Gasteiger partial charge in [-0.2, -0.15) is 9.82 Å². The lowest BCUT2D eigenvalue weighted by molar-refractivity contribution is 0.517. The molecule has 8 heteroatoms. The molecule has 1 aromatic rings. The Kier molecular flexibility index (Phi) is 4.23. The molecule has 17 heavy (non-hydrogen) atoms. The molecule has 0 aliphatic heterocycles.